The van der Waals surface area contributed by atoms with Crippen molar-refractivity contribution < 1.29 is 8.42 Å². The highest BCUT2D eigenvalue weighted by Gasteiger charge is 2.22. The summed E-state index contributed by atoms with van der Waals surface area (Å²) in [6, 6.07) is 2.64. The Morgan fingerprint density at radius 3 is 2.55 bits per heavy atom. The second-order valence-corrected chi connectivity index (χ2v) is 7.26. The summed E-state index contributed by atoms with van der Waals surface area (Å²) in [6.45, 7) is 3.94. The molecule has 7 heteroatoms. The van der Waals surface area contributed by atoms with Crippen LogP contribution in [0.3, 0.4) is 0 Å². The Morgan fingerprint density at radius 1 is 1.30 bits per heavy atom. The van der Waals surface area contributed by atoms with Crippen LogP contribution in [0.4, 0.5) is 5.69 Å². The van der Waals surface area contributed by atoms with Gasteiger partial charge in [-0.1, -0.05) is 49.4 Å². The molecule has 1 unspecified atom stereocenters. The molecule has 0 radical (unpaired) electrons. The van der Waals surface area contributed by atoms with Gasteiger partial charge in [0.05, 0.1) is 15.7 Å². The third-order valence-electron chi connectivity index (χ3n) is 2.98. The number of halogens is 2. The fourth-order valence-electron chi connectivity index (χ4n) is 1.84. The summed E-state index contributed by atoms with van der Waals surface area (Å²) in [5.41, 5.74) is 5.73. The van der Waals surface area contributed by atoms with Gasteiger partial charge in [-0.05, 0) is 25.5 Å². The minimum atomic E-state index is -3.69. The van der Waals surface area contributed by atoms with Crippen molar-refractivity contribution in [2.75, 3.05) is 5.73 Å². The molecular weight excluding hydrogens is 319 g/mol. The summed E-state index contributed by atoms with van der Waals surface area (Å²) >= 11 is 11.8. The minimum Gasteiger partial charge on any atom is -0.396 e. The fourth-order valence-corrected chi connectivity index (χ4v) is 3.89. The molecule has 0 aliphatic heterocycles. The highest BCUT2D eigenvalue weighted by Crippen LogP contribution is 2.33. The summed E-state index contributed by atoms with van der Waals surface area (Å²) in [5, 5.41) is 0.204. The van der Waals surface area contributed by atoms with Crippen molar-refractivity contribution in [1.82, 2.24) is 4.72 Å². The number of sulfonamides is 1. The molecule has 0 aliphatic rings. The van der Waals surface area contributed by atoms with E-state index in [9.17, 15) is 8.42 Å². The van der Waals surface area contributed by atoms with Crippen LogP contribution in [0, 0.1) is 0 Å². The Labute approximate surface area is 130 Å². The van der Waals surface area contributed by atoms with E-state index in [1.54, 1.807) is 0 Å². The standard InChI is InChI=1S/C13H20Cl2N2O2S/c1-3-4-5-6-9(2)17-20(18,19)11-8-7-10(14)13(16)12(11)15/h7-9,17H,3-6,16H2,1-2H3. The average molecular weight is 339 g/mol. The van der Waals surface area contributed by atoms with Crippen LogP contribution in [0.5, 0.6) is 0 Å². The molecule has 0 aromatic heterocycles. The first-order valence-corrected chi connectivity index (χ1v) is 8.79. The van der Waals surface area contributed by atoms with E-state index < -0.39 is 10.0 Å². The van der Waals surface area contributed by atoms with Gasteiger partial charge in [-0.25, -0.2) is 13.1 Å². The molecule has 114 valence electrons. The summed E-state index contributed by atoms with van der Waals surface area (Å²) in [5.74, 6) is 0. The van der Waals surface area contributed by atoms with E-state index in [0.717, 1.165) is 25.7 Å². The first-order chi connectivity index (χ1) is 9.29. The van der Waals surface area contributed by atoms with Gasteiger partial charge < -0.3 is 5.73 Å². The first-order valence-electron chi connectivity index (χ1n) is 6.55. The second kappa shape index (κ2) is 7.50. The quantitative estimate of drug-likeness (QED) is 0.586. The van der Waals surface area contributed by atoms with Crippen molar-refractivity contribution in [3.63, 3.8) is 0 Å². The molecule has 1 rings (SSSR count). The zero-order chi connectivity index (χ0) is 15.3. The highest BCUT2D eigenvalue weighted by atomic mass is 35.5. The molecule has 0 saturated heterocycles. The molecule has 0 heterocycles. The van der Waals surface area contributed by atoms with Gasteiger partial charge in [0.1, 0.15) is 4.90 Å². The maximum atomic E-state index is 12.3. The maximum absolute atomic E-state index is 12.3. The summed E-state index contributed by atoms with van der Waals surface area (Å²) in [6.07, 6.45) is 3.95. The number of anilines is 1. The van der Waals surface area contributed by atoms with Gasteiger partial charge in [0.25, 0.3) is 0 Å². The Kier molecular flexibility index (Phi) is 6.58. The van der Waals surface area contributed by atoms with E-state index in [0.29, 0.717) is 0 Å². The summed E-state index contributed by atoms with van der Waals surface area (Å²) in [4.78, 5) is -0.0385. The number of hydrogen-bond donors (Lipinski definition) is 2. The minimum absolute atomic E-state index is 0.0363. The van der Waals surface area contributed by atoms with Gasteiger partial charge in [0.15, 0.2) is 0 Å². The lowest BCUT2D eigenvalue weighted by molar-refractivity contribution is 0.527. The molecule has 4 nitrogen and oxygen atoms in total. The Balaban J connectivity index is 2.87. The van der Waals surface area contributed by atoms with Crippen LogP contribution in [0.15, 0.2) is 17.0 Å². The van der Waals surface area contributed by atoms with E-state index in [1.807, 2.05) is 6.92 Å². The molecular formula is C13H20Cl2N2O2S. The third-order valence-corrected chi connectivity index (χ3v) is 5.46. The van der Waals surface area contributed by atoms with E-state index in [-0.39, 0.29) is 26.7 Å². The van der Waals surface area contributed by atoms with Crippen molar-refractivity contribution in [3.8, 4) is 0 Å². The van der Waals surface area contributed by atoms with Crippen LogP contribution in [0.1, 0.15) is 39.5 Å². The van der Waals surface area contributed by atoms with Crippen molar-refractivity contribution in [2.24, 2.45) is 0 Å². The molecule has 0 bridgehead atoms. The lowest BCUT2D eigenvalue weighted by atomic mass is 10.1. The Hall–Kier alpha value is -0.490. The molecule has 0 aliphatic carbocycles. The predicted molar refractivity (Wildman–Crippen MR) is 84.8 cm³/mol. The molecule has 1 aromatic carbocycles. The van der Waals surface area contributed by atoms with Gasteiger partial charge in [-0.15, -0.1) is 0 Å². The molecule has 0 amide bonds. The van der Waals surface area contributed by atoms with Crippen LogP contribution < -0.4 is 10.5 Å². The van der Waals surface area contributed by atoms with Crippen LogP contribution >= 0.6 is 23.2 Å². The largest absolute Gasteiger partial charge is 0.396 e. The number of hydrogen-bond acceptors (Lipinski definition) is 3. The fraction of sp³-hybridized carbons (Fsp3) is 0.538. The SMILES string of the molecule is CCCCCC(C)NS(=O)(=O)c1ccc(Cl)c(N)c1Cl. The van der Waals surface area contributed by atoms with Gasteiger partial charge >= 0.3 is 0 Å². The molecule has 3 N–H and O–H groups in total. The van der Waals surface area contributed by atoms with E-state index in [1.165, 1.54) is 12.1 Å². The predicted octanol–water partition coefficient (Wildman–Crippen LogP) is 3.82. The first kappa shape index (κ1) is 17.6. The molecule has 0 fully saturated rings. The number of unbranched alkanes of at least 4 members (excludes halogenated alkanes) is 2. The smallest absolute Gasteiger partial charge is 0.242 e. The average Bonchev–Trinajstić information content (AvgIpc) is 2.35. The van der Waals surface area contributed by atoms with Gasteiger partial charge in [0.2, 0.25) is 10.0 Å². The number of rotatable bonds is 7. The van der Waals surface area contributed by atoms with Crippen LogP contribution in [-0.4, -0.2) is 14.5 Å². The van der Waals surface area contributed by atoms with Gasteiger partial charge in [0, 0.05) is 6.04 Å². The zero-order valence-electron chi connectivity index (χ0n) is 11.6. The van der Waals surface area contributed by atoms with Gasteiger partial charge in [-0.3, -0.25) is 0 Å². The molecule has 1 atom stereocenters. The number of nitrogen functional groups attached to an aromatic ring is 1. The van der Waals surface area contributed by atoms with E-state index >= 15 is 0 Å². The Bertz CT molecular complexity index is 562. The third kappa shape index (κ3) is 4.52. The number of nitrogens with two attached hydrogens (primary N) is 1. The van der Waals surface area contributed by atoms with Crippen LogP contribution in [0.2, 0.25) is 10.0 Å². The highest BCUT2D eigenvalue weighted by molar-refractivity contribution is 7.89. The number of nitrogens with one attached hydrogen (secondary N) is 1. The molecule has 20 heavy (non-hydrogen) atoms. The monoisotopic (exact) mass is 338 g/mol. The summed E-state index contributed by atoms with van der Waals surface area (Å²) < 4.78 is 27.1. The second-order valence-electron chi connectivity index (χ2n) is 4.79. The topological polar surface area (TPSA) is 72.2 Å². The van der Waals surface area contributed by atoms with Crippen molar-refractivity contribution in [2.45, 2.75) is 50.5 Å². The van der Waals surface area contributed by atoms with E-state index in [4.69, 9.17) is 28.9 Å². The van der Waals surface area contributed by atoms with Crippen LogP contribution in [0.25, 0.3) is 0 Å². The number of benzene rings is 1. The Morgan fingerprint density at radius 2 is 1.95 bits per heavy atom. The normalized spacial score (nSPS) is 13.4. The summed E-state index contributed by atoms with van der Waals surface area (Å²) in [7, 11) is -3.69. The van der Waals surface area contributed by atoms with E-state index in [2.05, 4.69) is 11.6 Å². The van der Waals surface area contributed by atoms with Crippen LogP contribution in [-0.2, 0) is 10.0 Å². The van der Waals surface area contributed by atoms with Crippen molar-refractivity contribution in [1.29, 1.82) is 0 Å². The van der Waals surface area contributed by atoms with Crippen molar-refractivity contribution >= 4 is 38.9 Å². The molecule has 1 aromatic rings. The van der Waals surface area contributed by atoms with Crippen molar-refractivity contribution in [3.05, 3.63) is 22.2 Å². The lowest BCUT2D eigenvalue weighted by Crippen LogP contribution is -2.32. The zero-order valence-corrected chi connectivity index (χ0v) is 13.9. The molecule has 0 saturated carbocycles. The molecule has 0 spiro atoms. The lowest BCUT2D eigenvalue weighted by Gasteiger charge is -2.15. The van der Waals surface area contributed by atoms with Gasteiger partial charge in [-0.2, -0.15) is 0 Å². The maximum Gasteiger partial charge on any atom is 0.242 e.